The highest BCUT2D eigenvalue weighted by Crippen LogP contribution is 2.21. The molecule has 1 aromatic carbocycles. The highest BCUT2D eigenvalue weighted by Gasteiger charge is 2.07. The number of rotatable bonds is 4. The molecule has 2 rings (SSSR count). The van der Waals surface area contributed by atoms with E-state index in [9.17, 15) is 4.39 Å². The second-order valence-electron chi connectivity index (χ2n) is 3.99. The smallest absolute Gasteiger partial charge is 0.167 e. The van der Waals surface area contributed by atoms with Crippen LogP contribution in [0.2, 0.25) is 0 Å². The predicted molar refractivity (Wildman–Crippen MR) is 67.6 cm³/mol. The van der Waals surface area contributed by atoms with Crippen LogP contribution in [0.4, 0.5) is 4.39 Å². The maximum absolute atomic E-state index is 13.7. The summed E-state index contributed by atoms with van der Waals surface area (Å²) < 4.78 is 19.2. The zero-order valence-electron chi connectivity index (χ0n) is 10.2. The number of pyridine rings is 1. The Labute approximate surface area is 105 Å². The number of halogens is 1. The number of hydrogen-bond acceptors (Lipinski definition) is 3. The van der Waals surface area contributed by atoms with E-state index in [1.165, 1.54) is 0 Å². The van der Waals surface area contributed by atoms with E-state index in [0.717, 1.165) is 11.3 Å². The molecule has 2 N–H and O–H groups in total. The molecular formula is C14H15FN2O. The fourth-order valence-corrected chi connectivity index (χ4v) is 1.67. The van der Waals surface area contributed by atoms with Crippen LogP contribution in [0.3, 0.4) is 0 Å². The second-order valence-corrected chi connectivity index (χ2v) is 3.99. The number of ether oxygens (including phenoxy) is 1. The van der Waals surface area contributed by atoms with Gasteiger partial charge in [0.1, 0.15) is 6.61 Å². The first kappa shape index (κ1) is 12.5. The maximum Gasteiger partial charge on any atom is 0.167 e. The first-order valence-electron chi connectivity index (χ1n) is 5.73. The van der Waals surface area contributed by atoms with Crippen molar-refractivity contribution in [1.82, 2.24) is 4.98 Å². The van der Waals surface area contributed by atoms with Crippen LogP contribution < -0.4 is 10.5 Å². The van der Waals surface area contributed by atoms with E-state index >= 15 is 0 Å². The summed E-state index contributed by atoms with van der Waals surface area (Å²) >= 11 is 0. The van der Waals surface area contributed by atoms with E-state index in [4.69, 9.17) is 10.5 Å². The van der Waals surface area contributed by atoms with E-state index in [2.05, 4.69) is 4.98 Å². The van der Waals surface area contributed by atoms with Crippen LogP contribution in [0.5, 0.6) is 5.75 Å². The molecule has 0 saturated carbocycles. The van der Waals surface area contributed by atoms with Gasteiger partial charge in [-0.1, -0.05) is 18.2 Å². The minimum absolute atomic E-state index is 0.252. The molecule has 3 nitrogen and oxygen atoms in total. The number of nitrogens with two attached hydrogens (primary N) is 1. The Balaban J connectivity index is 2.14. The van der Waals surface area contributed by atoms with Crippen molar-refractivity contribution in [3.05, 3.63) is 59.2 Å². The summed E-state index contributed by atoms with van der Waals surface area (Å²) in [6.45, 7) is 2.31. The Kier molecular flexibility index (Phi) is 3.89. The molecule has 0 spiro atoms. The summed E-state index contributed by atoms with van der Waals surface area (Å²) in [7, 11) is 0. The molecular weight excluding hydrogens is 231 g/mol. The monoisotopic (exact) mass is 246 g/mol. The third-order valence-corrected chi connectivity index (χ3v) is 2.72. The van der Waals surface area contributed by atoms with E-state index < -0.39 is 0 Å². The summed E-state index contributed by atoms with van der Waals surface area (Å²) in [4.78, 5) is 4.15. The Morgan fingerprint density at radius 2 is 2.11 bits per heavy atom. The average molecular weight is 246 g/mol. The fraction of sp³-hybridized carbons (Fsp3) is 0.214. The summed E-state index contributed by atoms with van der Waals surface area (Å²) in [6, 6.07) is 8.77. The maximum atomic E-state index is 13.7. The van der Waals surface area contributed by atoms with Crippen molar-refractivity contribution >= 4 is 0 Å². The lowest BCUT2D eigenvalue weighted by Gasteiger charge is -2.10. The molecule has 94 valence electrons. The van der Waals surface area contributed by atoms with Gasteiger partial charge in [-0.3, -0.25) is 4.98 Å². The standard InChI is InChI=1S/C14H15FN2O/c1-10-4-2-6-13(14(10)15)18-9-11-5-3-7-17-12(11)8-16/h2-7H,8-9,16H2,1H3. The predicted octanol–water partition coefficient (Wildman–Crippen LogP) is 2.57. The highest BCUT2D eigenvalue weighted by molar-refractivity contribution is 5.30. The average Bonchev–Trinajstić information content (AvgIpc) is 2.41. The van der Waals surface area contributed by atoms with Gasteiger partial charge in [0.05, 0.1) is 5.69 Å². The molecule has 1 aromatic heterocycles. The van der Waals surface area contributed by atoms with Crippen molar-refractivity contribution in [2.24, 2.45) is 5.73 Å². The molecule has 0 bridgehead atoms. The van der Waals surface area contributed by atoms with Gasteiger partial charge in [-0.15, -0.1) is 0 Å². The summed E-state index contributed by atoms with van der Waals surface area (Å²) in [5.41, 5.74) is 7.79. The molecule has 18 heavy (non-hydrogen) atoms. The molecule has 0 aliphatic heterocycles. The van der Waals surface area contributed by atoms with E-state index in [1.54, 1.807) is 31.3 Å². The van der Waals surface area contributed by atoms with Gasteiger partial charge in [-0.05, 0) is 24.6 Å². The topological polar surface area (TPSA) is 48.1 Å². The van der Waals surface area contributed by atoms with Crippen LogP contribution in [0.1, 0.15) is 16.8 Å². The zero-order valence-corrected chi connectivity index (χ0v) is 10.2. The van der Waals surface area contributed by atoms with Crippen LogP contribution in [-0.4, -0.2) is 4.98 Å². The molecule has 0 saturated heterocycles. The molecule has 0 fully saturated rings. The second kappa shape index (κ2) is 5.60. The quantitative estimate of drug-likeness (QED) is 0.902. The third kappa shape index (κ3) is 2.65. The SMILES string of the molecule is Cc1cccc(OCc2cccnc2CN)c1F. The number of aryl methyl sites for hydroxylation is 1. The van der Waals surface area contributed by atoms with Crippen LogP contribution in [-0.2, 0) is 13.2 Å². The van der Waals surface area contributed by atoms with Gasteiger partial charge in [0.25, 0.3) is 0 Å². The molecule has 0 aliphatic rings. The minimum Gasteiger partial charge on any atom is -0.486 e. The molecule has 0 unspecified atom stereocenters. The van der Waals surface area contributed by atoms with Crippen LogP contribution in [0.25, 0.3) is 0 Å². The lowest BCUT2D eigenvalue weighted by molar-refractivity contribution is 0.288. The third-order valence-electron chi connectivity index (χ3n) is 2.72. The lowest BCUT2D eigenvalue weighted by atomic mass is 10.2. The number of benzene rings is 1. The Morgan fingerprint density at radius 3 is 2.89 bits per heavy atom. The van der Waals surface area contributed by atoms with Gasteiger partial charge >= 0.3 is 0 Å². The van der Waals surface area contributed by atoms with Crippen molar-refractivity contribution < 1.29 is 9.13 Å². The summed E-state index contributed by atoms with van der Waals surface area (Å²) in [6.07, 6.45) is 1.68. The van der Waals surface area contributed by atoms with Crippen LogP contribution in [0.15, 0.2) is 36.5 Å². The molecule has 1 heterocycles. The van der Waals surface area contributed by atoms with E-state index in [1.807, 2.05) is 12.1 Å². The Hall–Kier alpha value is -1.94. The first-order valence-corrected chi connectivity index (χ1v) is 5.73. The van der Waals surface area contributed by atoms with Crippen LogP contribution >= 0.6 is 0 Å². The normalized spacial score (nSPS) is 10.4. The van der Waals surface area contributed by atoms with Crippen molar-refractivity contribution in [2.75, 3.05) is 0 Å². The van der Waals surface area contributed by atoms with Crippen LogP contribution in [0, 0.1) is 12.7 Å². The molecule has 0 radical (unpaired) electrons. The van der Waals surface area contributed by atoms with Crippen molar-refractivity contribution in [1.29, 1.82) is 0 Å². The van der Waals surface area contributed by atoms with Gasteiger partial charge in [0, 0.05) is 18.3 Å². The Morgan fingerprint density at radius 1 is 1.28 bits per heavy atom. The van der Waals surface area contributed by atoms with Gasteiger partial charge in [-0.2, -0.15) is 0 Å². The number of hydrogen-bond donors (Lipinski definition) is 1. The van der Waals surface area contributed by atoms with Gasteiger partial charge in [0.2, 0.25) is 0 Å². The summed E-state index contributed by atoms with van der Waals surface area (Å²) in [5.74, 6) is -0.0717. The lowest BCUT2D eigenvalue weighted by Crippen LogP contribution is -2.07. The highest BCUT2D eigenvalue weighted by atomic mass is 19.1. The van der Waals surface area contributed by atoms with Crippen molar-refractivity contribution in [2.45, 2.75) is 20.1 Å². The molecule has 0 atom stereocenters. The zero-order chi connectivity index (χ0) is 13.0. The molecule has 0 amide bonds. The van der Waals surface area contributed by atoms with Crippen molar-refractivity contribution in [3.8, 4) is 5.75 Å². The molecule has 2 aromatic rings. The van der Waals surface area contributed by atoms with Gasteiger partial charge < -0.3 is 10.5 Å². The minimum atomic E-state index is -0.323. The van der Waals surface area contributed by atoms with Gasteiger partial charge in [-0.25, -0.2) is 4.39 Å². The molecule has 0 aliphatic carbocycles. The number of aromatic nitrogens is 1. The van der Waals surface area contributed by atoms with Gasteiger partial charge in [0.15, 0.2) is 11.6 Å². The van der Waals surface area contributed by atoms with Crippen molar-refractivity contribution in [3.63, 3.8) is 0 Å². The summed E-state index contributed by atoms with van der Waals surface area (Å²) in [5, 5.41) is 0. The van der Waals surface area contributed by atoms with E-state index in [0.29, 0.717) is 12.1 Å². The fourth-order valence-electron chi connectivity index (χ4n) is 1.67. The first-order chi connectivity index (χ1) is 8.72. The van der Waals surface area contributed by atoms with E-state index in [-0.39, 0.29) is 18.2 Å². The Bertz CT molecular complexity index is 543. The largest absolute Gasteiger partial charge is 0.486 e. The molecule has 4 heteroatoms. The number of nitrogens with zero attached hydrogens (tertiary/aromatic N) is 1.